The van der Waals surface area contributed by atoms with Crippen LogP contribution in [0.25, 0.3) is 0 Å². The molecule has 4 N–H and O–H groups in total. The van der Waals surface area contributed by atoms with Crippen LogP contribution in [0, 0.1) is 35.5 Å². The number of hydrogen-bond acceptors (Lipinski definition) is 12. The summed E-state index contributed by atoms with van der Waals surface area (Å²) < 4.78 is 56.8. The van der Waals surface area contributed by atoms with Gasteiger partial charge in [-0.05, 0) is 126 Å². The van der Waals surface area contributed by atoms with Crippen LogP contribution in [0.5, 0.6) is 0 Å². The molecule has 3 heterocycles. The molecule has 4 aliphatic carbocycles. The molecule has 3 saturated heterocycles. The van der Waals surface area contributed by atoms with E-state index in [4.69, 9.17) is 0 Å². The third kappa shape index (κ3) is 18.7. The van der Waals surface area contributed by atoms with Crippen molar-refractivity contribution in [3.63, 3.8) is 0 Å². The molecule has 1 spiro atoms. The van der Waals surface area contributed by atoms with Crippen molar-refractivity contribution in [1.82, 2.24) is 60.5 Å². The van der Waals surface area contributed by atoms with E-state index in [1.54, 1.807) is 6.92 Å². The van der Waals surface area contributed by atoms with E-state index >= 15 is 23.6 Å². The molecule has 13 atom stereocenters. The number of nitrogens with one attached hydrogen (secondary N) is 4. The van der Waals surface area contributed by atoms with E-state index in [1.165, 1.54) is 90.6 Å². The first-order valence-corrected chi connectivity index (χ1v) is 36.2. The molecule has 98 heavy (non-hydrogen) atoms. The number of alkyl halides is 4. The number of hydrogen-bond donors (Lipinski definition) is 4. The van der Waals surface area contributed by atoms with Gasteiger partial charge in [-0.2, -0.15) is 13.2 Å². The van der Waals surface area contributed by atoms with Crippen molar-refractivity contribution < 1.29 is 75.1 Å². The number of amides is 12. The van der Waals surface area contributed by atoms with Crippen molar-refractivity contribution in [2.45, 2.75) is 267 Å². The standard InChI is InChI=1S/C70H112F4N12O12/c1-13-42(4)57-61(91)75-43(5)62(92)86-35-31-51(86)66(96)82(10)53(38-44-22-15-14-16-23-44)65(95)80(8)40-55(87)76-49(30-28-45-27-29-47(48(71)37-45)70(72,73)74)63(93)85-34-21-26-50(85)60(90)78-69(32-19-20-33-69)68(98)84(12)58(46-24-17-18-25-46)67(97)83(11)54(64(94)79(6)7)39-56(88)81(9)52(36-41(2)3)59(89)77-57/h41-54,57-58H,13-40H2,1-12H3,(H,75,91)(H,76,87)(H,77,89)(H,78,90)/t42-,43-,45?,47?,48?,49-,50-,51-,52-,53-,54-,57-,58-/m0/s1. The Labute approximate surface area is 576 Å². The zero-order chi connectivity index (χ0) is 72.4. The maximum atomic E-state index is 15.5. The van der Waals surface area contributed by atoms with Crippen molar-refractivity contribution in [2.24, 2.45) is 35.5 Å². The second-order valence-electron chi connectivity index (χ2n) is 30.3. The third-order valence-corrected chi connectivity index (χ3v) is 22.7. The van der Waals surface area contributed by atoms with Crippen LogP contribution in [0.1, 0.15) is 195 Å². The van der Waals surface area contributed by atoms with Gasteiger partial charge in [0.05, 0.1) is 18.9 Å². The zero-order valence-electron chi connectivity index (χ0n) is 60.0. The van der Waals surface area contributed by atoms with Crippen LogP contribution in [0.3, 0.4) is 0 Å². The van der Waals surface area contributed by atoms with Crippen LogP contribution >= 0.6 is 0 Å². The molecule has 3 aliphatic heterocycles. The summed E-state index contributed by atoms with van der Waals surface area (Å²) >= 11 is 0. The summed E-state index contributed by atoms with van der Waals surface area (Å²) in [6.45, 7) is 8.29. The van der Waals surface area contributed by atoms with E-state index in [9.17, 15) is 51.5 Å². The summed E-state index contributed by atoms with van der Waals surface area (Å²) in [5.41, 5.74) is -1.57. The van der Waals surface area contributed by atoms with Gasteiger partial charge in [0.25, 0.3) is 0 Å². The second-order valence-corrected chi connectivity index (χ2v) is 30.3. The average Bonchev–Trinajstić information content (AvgIpc) is 0.821. The topological polar surface area (TPSA) is 279 Å². The maximum absolute atomic E-state index is 15.5. The molecule has 12 amide bonds. The quantitative estimate of drug-likeness (QED) is 0.197. The Morgan fingerprint density at radius 1 is 0.622 bits per heavy atom. The highest BCUT2D eigenvalue weighted by Gasteiger charge is 2.53. The third-order valence-electron chi connectivity index (χ3n) is 22.7. The van der Waals surface area contributed by atoms with E-state index in [0.29, 0.717) is 38.5 Å². The Bertz CT molecular complexity index is 2880. The Balaban J connectivity index is 1.26. The van der Waals surface area contributed by atoms with Gasteiger partial charge in [-0.15, -0.1) is 0 Å². The highest BCUT2D eigenvalue weighted by Crippen LogP contribution is 2.43. The molecule has 0 aromatic rings. The first-order chi connectivity index (χ1) is 46.1. The van der Waals surface area contributed by atoms with Gasteiger partial charge < -0.3 is 60.5 Å². The molecule has 24 nitrogen and oxygen atoms in total. The molecule has 0 bridgehead atoms. The normalized spacial score (nSPS) is 31.2. The molecule has 7 aliphatic rings. The summed E-state index contributed by atoms with van der Waals surface area (Å²) in [6, 6.07) is -11.0. The van der Waals surface area contributed by atoms with E-state index in [0.717, 1.165) is 49.8 Å². The number of halogens is 4. The fourth-order valence-electron chi connectivity index (χ4n) is 16.3. The van der Waals surface area contributed by atoms with Crippen LogP contribution in [0.2, 0.25) is 0 Å². The Morgan fingerprint density at radius 3 is 1.84 bits per heavy atom. The molecule has 0 aromatic carbocycles. The van der Waals surface area contributed by atoms with Crippen LogP contribution < -0.4 is 21.3 Å². The molecular formula is C70H112F4N12O12. The summed E-state index contributed by atoms with van der Waals surface area (Å²) in [5, 5.41) is 11.5. The number of fused-ring (bicyclic) bond motifs is 2. The minimum atomic E-state index is -4.75. The fourth-order valence-corrected chi connectivity index (χ4v) is 16.3. The lowest BCUT2D eigenvalue weighted by Gasteiger charge is -2.44. The summed E-state index contributed by atoms with van der Waals surface area (Å²) in [7, 11) is 10.1. The number of likely N-dealkylation sites (N-methyl/N-ethyl adjacent to an activating group) is 6. The summed E-state index contributed by atoms with van der Waals surface area (Å²) in [5.74, 6) is -11.7. The first kappa shape index (κ1) is 78.7. The predicted molar refractivity (Wildman–Crippen MR) is 356 cm³/mol. The van der Waals surface area contributed by atoms with Gasteiger partial charge in [-0.1, -0.05) is 91.9 Å². The number of rotatable bonds is 11. The minimum Gasteiger partial charge on any atom is -0.347 e. The van der Waals surface area contributed by atoms with Gasteiger partial charge in [0, 0.05) is 62.4 Å². The van der Waals surface area contributed by atoms with Gasteiger partial charge in [0.15, 0.2) is 0 Å². The van der Waals surface area contributed by atoms with Gasteiger partial charge in [-0.25, -0.2) is 4.39 Å². The molecular weight excluding hydrogens is 1280 g/mol. The van der Waals surface area contributed by atoms with E-state index in [2.05, 4.69) is 21.3 Å². The number of carbonyl (C=O) groups excluding carboxylic acids is 12. The predicted octanol–water partition coefficient (Wildman–Crippen LogP) is 5.09. The Morgan fingerprint density at radius 2 is 1.26 bits per heavy atom. The van der Waals surface area contributed by atoms with E-state index in [-0.39, 0.29) is 82.7 Å². The largest absolute Gasteiger partial charge is 0.394 e. The molecule has 4 saturated carbocycles. The van der Waals surface area contributed by atoms with E-state index < -0.39 is 193 Å². The van der Waals surface area contributed by atoms with Crippen molar-refractivity contribution in [2.75, 3.05) is 69.0 Å². The number of carbonyl (C=O) groups is 12. The molecule has 7 fully saturated rings. The van der Waals surface area contributed by atoms with Crippen LogP contribution in [-0.2, 0) is 57.5 Å². The smallest absolute Gasteiger partial charge is 0.347 e. The van der Waals surface area contributed by atoms with Crippen molar-refractivity contribution in [3.05, 3.63) is 0 Å². The highest BCUT2D eigenvalue weighted by atomic mass is 19.4. The van der Waals surface area contributed by atoms with Crippen LogP contribution in [-0.4, -0.2) is 251 Å². The van der Waals surface area contributed by atoms with Gasteiger partial charge in [0.2, 0.25) is 70.9 Å². The van der Waals surface area contributed by atoms with Crippen molar-refractivity contribution >= 4 is 70.9 Å². The lowest BCUT2D eigenvalue weighted by molar-refractivity contribution is -0.201. The molecule has 0 radical (unpaired) electrons. The second kappa shape index (κ2) is 34.1. The van der Waals surface area contributed by atoms with Gasteiger partial charge >= 0.3 is 6.18 Å². The van der Waals surface area contributed by atoms with Crippen LogP contribution in [0.4, 0.5) is 17.6 Å². The minimum absolute atomic E-state index is 0.00117. The SMILES string of the molecule is CC[C@H](C)[C@@H]1NC(=O)[C@H](CC(C)C)N(C)C(=O)C[C@@H](C(=O)N(C)C)N(C)C(=O)[C@H](C2CCCC2)N(C)C(=O)C2(CCCC2)NC(=O)[C@@H]2CCCN2C(=O)[C@H](CCC2CCC(C(F)(F)F)C(F)C2)NC(=O)CN(C)C(=O)[C@H](CC2CCCCC2)N(C)C(=O)[C@@H]2CCN2C(=O)[C@H](C)NC1=O. The molecule has 0 aromatic heterocycles. The number of nitrogens with zero attached hydrogens (tertiary/aromatic N) is 8. The maximum Gasteiger partial charge on any atom is 0.394 e. The van der Waals surface area contributed by atoms with Gasteiger partial charge in [-0.3, -0.25) is 57.5 Å². The Hall–Kier alpha value is -6.64. The van der Waals surface area contributed by atoms with Crippen LogP contribution in [0.15, 0.2) is 0 Å². The molecule has 7 rings (SSSR count). The monoisotopic (exact) mass is 1390 g/mol. The molecule has 552 valence electrons. The average molecular weight is 1390 g/mol. The van der Waals surface area contributed by atoms with Crippen molar-refractivity contribution in [1.29, 1.82) is 0 Å². The Kier molecular flexibility index (Phi) is 27.4. The molecule has 3 unspecified atom stereocenters. The summed E-state index contributed by atoms with van der Waals surface area (Å²) in [6.07, 6.45) is 1.11. The van der Waals surface area contributed by atoms with Gasteiger partial charge in [0.1, 0.15) is 66.1 Å². The molecule has 28 heteroatoms. The first-order valence-electron chi connectivity index (χ1n) is 36.2. The fraction of sp³-hybridized carbons (Fsp3) is 0.829. The summed E-state index contributed by atoms with van der Waals surface area (Å²) in [4.78, 5) is 188. The zero-order valence-corrected chi connectivity index (χ0v) is 60.0. The van der Waals surface area contributed by atoms with E-state index in [1.807, 2.05) is 20.8 Å². The lowest BCUT2D eigenvalue weighted by atomic mass is 9.78. The lowest BCUT2D eigenvalue weighted by Crippen LogP contribution is -2.65. The highest BCUT2D eigenvalue weighted by molar-refractivity contribution is 6.01. The van der Waals surface area contributed by atoms with Crippen molar-refractivity contribution in [3.8, 4) is 0 Å².